The van der Waals surface area contributed by atoms with Gasteiger partial charge in [0.05, 0.1) is 11.3 Å². The topological polar surface area (TPSA) is 37.3 Å². The standard InChI is InChI=1S/C8H7F3O2S/c9-8(10,11)7-3-1-6(2-4-7)5-14(12)13/h1-4H,5H2,(H,12,13). The van der Waals surface area contributed by atoms with Crippen LogP contribution in [0.3, 0.4) is 0 Å². The van der Waals surface area contributed by atoms with E-state index in [1.165, 1.54) is 12.1 Å². The highest BCUT2D eigenvalue weighted by Gasteiger charge is 2.29. The Morgan fingerprint density at radius 3 is 2.07 bits per heavy atom. The molecule has 0 aliphatic carbocycles. The van der Waals surface area contributed by atoms with Crippen LogP contribution in [0, 0.1) is 0 Å². The molecule has 0 aromatic heterocycles. The summed E-state index contributed by atoms with van der Waals surface area (Å²) >= 11 is -2.03. The first-order valence-corrected chi connectivity index (χ1v) is 4.91. The Bertz CT molecular complexity index is 331. The molecule has 1 atom stereocenters. The monoisotopic (exact) mass is 224 g/mol. The molecule has 0 aliphatic rings. The number of hydrogen-bond acceptors (Lipinski definition) is 1. The summed E-state index contributed by atoms with van der Waals surface area (Å²) in [4.78, 5) is 0. The van der Waals surface area contributed by atoms with Crippen molar-refractivity contribution < 1.29 is 21.9 Å². The Morgan fingerprint density at radius 1 is 1.21 bits per heavy atom. The van der Waals surface area contributed by atoms with Crippen LogP contribution in [0.4, 0.5) is 13.2 Å². The van der Waals surface area contributed by atoms with E-state index in [1.807, 2.05) is 0 Å². The van der Waals surface area contributed by atoms with Crippen LogP contribution >= 0.6 is 0 Å². The van der Waals surface area contributed by atoms with Crippen LogP contribution in [0.5, 0.6) is 0 Å². The summed E-state index contributed by atoms with van der Waals surface area (Å²) in [6.07, 6.45) is -4.36. The van der Waals surface area contributed by atoms with Crippen molar-refractivity contribution in [3.8, 4) is 0 Å². The quantitative estimate of drug-likeness (QED) is 0.783. The molecule has 0 saturated heterocycles. The fourth-order valence-corrected chi connectivity index (χ4v) is 1.41. The van der Waals surface area contributed by atoms with Crippen LogP contribution in [-0.2, 0) is 23.0 Å². The van der Waals surface area contributed by atoms with Gasteiger partial charge in [-0.2, -0.15) is 13.2 Å². The lowest BCUT2D eigenvalue weighted by Gasteiger charge is -2.06. The lowest BCUT2D eigenvalue weighted by molar-refractivity contribution is -0.137. The van der Waals surface area contributed by atoms with E-state index in [-0.39, 0.29) is 5.75 Å². The molecule has 1 aromatic carbocycles. The molecule has 0 saturated carbocycles. The van der Waals surface area contributed by atoms with E-state index in [4.69, 9.17) is 4.55 Å². The van der Waals surface area contributed by atoms with E-state index >= 15 is 0 Å². The highest BCUT2D eigenvalue weighted by atomic mass is 32.2. The van der Waals surface area contributed by atoms with Gasteiger partial charge in [0.25, 0.3) is 0 Å². The number of alkyl halides is 3. The van der Waals surface area contributed by atoms with E-state index < -0.39 is 22.8 Å². The third kappa shape index (κ3) is 3.12. The first-order valence-electron chi connectivity index (χ1n) is 3.63. The van der Waals surface area contributed by atoms with E-state index in [0.717, 1.165) is 12.1 Å². The third-order valence-electron chi connectivity index (χ3n) is 1.57. The van der Waals surface area contributed by atoms with Gasteiger partial charge in [0.2, 0.25) is 0 Å². The van der Waals surface area contributed by atoms with Crippen molar-refractivity contribution in [1.82, 2.24) is 0 Å². The van der Waals surface area contributed by atoms with Crippen molar-refractivity contribution in [3.63, 3.8) is 0 Å². The van der Waals surface area contributed by atoms with Crippen LogP contribution < -0.4 is 0 Å². The van der Waals surface area contributed by atoms with Crippen molar-refractivity contribution in [2.24, 2.45) is 0 Å². The Morgan fingerprint density at radius 2 is 1.71 bits per heavy atom. The van der Waals surface area contributed by atoms with Crippen molar-refractivity contribution in [3.05, 3.63) is 35.4 Å². The molecule has 1 rings (SSSR count). The Kier molecular flexibility index (Phi) is 3.28. The predicted molar refractivity (Wildman–Crippen MR) is 45.9 cm³/mol. The molecule has 2 nitrogen and oxygen atoms in total. The van der Waals surface area contributed by atoms with Crippen LogP contribution in [0.15, 0.2) is 24.3 Å². The second-order valence-electron chi connectivity index (χ2n) is 2.66. The van der Waals surface area contributed by atoms with Gasteiger partial charge >= 0.3 is 6.18 Å². The Hall–Kier alpha value is -0.880. The third-order valence-corrected chi connectivity index (χ3v) is 2.15. The fourth-order valence-electron chi connectivity index (χ4n) is 0.933. The zero-order chi connectivity index (χ0) is 10.8. The minimum atomic E-state index is -4.36. The molecular formula is C8H7F3O2S. The maximum Gasteiger partial charge on any atom is 0.416 e. The smallest absolute Gasteiger partial charge is 0.306 e. The van der Waals surface area contributed by atoms with Crippen molar-refractivity contribution in [2.45, 2.75) is 11.9 Å². The van der Waals surface area contributed by atoms with E-state index in [1.54, 1.807) is 0 Å². The summed E-state index contributed by atoms with van der Waals surface area (Å²) in [7, 11) is 0. The molecule has 78 valence electrons. The molecule has 6 heteroatoms. The van der Waals surface area contributed by atoms with Gasteiger partial charge in [0, 0.05) is 0 Å². The average Bonchev–Trinajstić information content (AvgIpc) is 2.02. The van der Waals surface area contributed by atoms with Gasteiger partial charge in [0.15, 0.2) is 11.1 Å². The van der Waals surface area contributed by atoms with Gasteiger partial charge in [0.1, 0.15) is 0 Å². The summed E-state index contributed by atoms with van der Waals surface area (Å²) in [6, 6.07) is 4.16. The summed E-state index contributed by atoms with van der Waals surface area (Å²) in [5.74, 6) is -0.155. The lowest BCUT2D eigenvalue weighted by atomic mass is 10.1. The SMILES string of the molecule is O=S(O)Cc1ccc(C(F)(F)F)cc1. The predicted octanol–water partition coefficient (Wildman–Crippen LogP) is 2.43. The molecule has 0 fully saturated rings. The van der Waals surface area contributed by atoms with E-state index in [0.29, 0.717) is 5.56 Å². The van der Waals surface area contributed by atoms with Gasteiger partial charge in [-0.05, 0) is 17.7 Å². The summed E-state index contributed by atoms with van der Waals surface area (Å²) in [6.45, 7) is 0. The Balaban J connectivity index is 2.84. The van der Waals surface area contributed by atoms with Crippen molar-refractivity contribution in [1.29, 1.82) is 0 Å². The van der Waals surface area contributed by atoms with Gasteiger partial charge in [-0.1, -0.05) is 12.1 Å². The van der Waals surface area contributed by atoms with Crippen LogP contribution in [0.1, 0.15) is 11.1 Å². The summed E-state index contributed by atoms with van der Waals surface area (Å²) in [5, 5.41) is 0. The fraction of sp³-hybridized carbons (Fsp3) is 0.250. The van der Waals surface area contributed by atoms with E-state index in [2.05, 4.69) is 0 Å². The van der Waals surface area contributed by atoms with Gasteiger partial charge in [-0.25, -0.2) is 4.21 Å². The minimum absolute atomic E-state index is 0.155. The van der Waals surface area contributed by atoms with Gasteiger partial charge in [-0.3, -0.25) is 0 Å². The number of rotatable bonds is 2. The summed E-state index contributed by atoms with van der Waals surface area (Å²) < 4.78 is 55.0. The maximum absolute atomic E-state index is 12.1. The molecule has 0 bridgehead atoms. The maximum atomic E-state index is 12.1. The lowest BCUT2D eigenvalue weighted by Crippen LogP contribution is -2.04. The van der Waals surface area contributed by atoms with Crippen LogP contribution in [0.2, 0.25) is 0 Å². The molecule has 1 aromatic rings. The number of benzene rings is 1. The highest BCUT2D eigenvalue weighted by Crippen LogP contribution is 2.29. The van der Waals surface area contributed by atoms with Gasteiger partial charge in [-0.15, -0.1) is 0 Å². The largest absolute Gasteiger partial charge is 0.416 e. The normalized spacial score (nSPS) is 14.0. The molecule has 0 heterocycles. The highest BCUT2D eigenvalue weighted by molar-refractivity contribution is 7.78. The number of hydrogen-bond donors (Lipinski definition) is 1. The number of halogens is 3. The molecule has 14 heavy (non-hydrogen) atoms. The van der Waals surface area contributed by atoms with Crippen LogP contribution in [0.25, 0.3) is 0 Å². The Labute approximate surface area is 81.0 Å². The molecule has 0 amide bonds. The zero-order valence-corrected chi connectivity index (χ0v) is 7.73. The molecule has 0 spiro atoms. The summed E-state index contributed by atoms with van der Waals surface area (Å²) in [5.41, 5.74) is -0.358. The van der Waals surface area contributed by atoms with Crippen LogP contribution in [-0.4, -0.2) is 8.76 Å². The van der Waals surface area contributed by atoms with Crippen molar-refractivity contribution in [2.75, 3.05) is 0 Å². The molecule has 1 unspecified atom stereocenters. The molecule has 0 radical (unpaired) electrons. The molecule has 0 aliphatic heterocycles. The van der Waals surface area contributed by atoms with E-state index in [9.17, 15) is 17.4 Å². The van der Waals surface area contributed by atoms with Crippen molar-refractivity contribution >= 4 is 11.1 Å². The first-order chi connectivity index (χ1) is 6.39. The van der Waals surface area contributed by atoms with Gasteiger partial charge < -0.3 is 4.55 Å². The average molecular weight is 224 g/mol. The first kappa shape index (κ1) is 11.2. The second kappa shape index (κ2) is 4.10. The second-order valence-corrected chi connectivity index (χ2v) is 3.59. The minimum Gasteiger partial charge on any atom is -0.306 e. The molecular weight excluding hydrogens is 217 g/mol. The zero-order valence-electron chi connectivity index (χ0n) is 6.91. The molecule has 1 N–H and O–H groups in total.